The highest BCUT2D eigenvalue weighted by atomic mass is 16.5. The highest BCUT2D eigenvalue weighted by Crippen LogP contribution is 2.49. The van der Waals surface area contributed by atoms with Crippen molar-refractivity contribution in [3.63, 3.8) is 0 Å². The third-order valence-corrected chi connectivity index (χ3v) is 8.93. The topological polar surface area (TPSA) is 90.3 Å². The van der Waals surface area contributed by atoms with Crippen LogP contribution in [-0.2, 0) is 6.42 Å². The van der Waals surface area contributed by atoms with Gasteiger partial charge in [0.25, 0.3) is 0 Å². The van der Waals surface area contributed by atoms with E-state index >= 15 is 0 Å². The summed E-state index contributed by atoms with van der Waals surface area (Å²) in [7, 11) is 0. The maximum atomic E-state index is 12.6. The smallest absolute Gasteiger partial charge is 0.335 e. The minimum absolute atomic E-state index is 0.127. The molecule has 3 rings (SSSR count). The number of hydrogen-bond acceptors (Lipinski definition) is 5. The average Bonchev–Trinajstić information content (AvgIpc) is 3.02. The Labute approximate surface area is 265 Å². The first-order chi connectivity index (χ1) is 21.3. The molecule has 2 aromatic rings. The van der Waals surface area contributed by atoms with E-state index in [2.05, 4.69) is 37.5 Å². The van der Waals surface area contributed by atoms with Crippen molar-refractivity contribution >= 4 is 11.9 Å². The first-order valence-corrected chi connectivity index (χ1v) is 17.2. The van der Waals surface area contributed by atoms with Gasteiger partial charge in [0, 0.05) is 17.0 Å². The predicted molar refractivity (Wildman–Crippen MR) is 179 cm³/mol. The van der Waals surface area contributed by atoms with Gasteiger partial charge in [0.2, 0.25) is 0 Å². The van der Waals surface area contributed by atoms with Crippen molar-refractivity contribution in [2.45, 2.75) is 111 Å². The van der Waals surface area contributed by atoms with E-state index in [9.17, 15) is 19.8 Å². The molecule has 0 aromatic heterocycles. The molecular weight excluding hydrogens is 552 g/mol. The molecule has 0 bridgehead atoms. The van der Waals surface area contributed by atoms with Gasteiger partial charge in [-0.25, -0.2) is 9.59 Å². The molecule has 0 radical (unpaired) electrons. The summed E-state index contributed by atoms with van der Waals surface area (Å²) in [5.41, 5.74) is 3.18. The average molecular weight is 609 g/mol. The van der Waals surface area contributed by atoms with Crippen LogP contribution in [0.2, 0.25) is 0 Å². The number of fused-ring (bicyclic) bond motifs is 2. The predicted octanol–water partition coefficient (Wildman–Crippen LogP) is 8.84. The van der Waals surface area contributed by atoms with E-state index in [1.165, 1.54) is 12.8 Å². The minimum atomic E-state index is -0.971. The molecule has 7 nitrogen and oxygen atoms in total. The molecule has 0 spiro atoms. The number of unbranched alkanes of at least 4 members (excludes halogenated alkanes) is 4. The third kappa shape index (κ3) is 10.1. The van der Waals surface area contributed by atoms with Gasteiger partial charge in [-0.2, -0.15) is 0 Å². The summed E-state index contributed by atoms with van der Waals surface area (Å²) in [6, 6.07) is 8.58. The Morgan fingerprint density at radius 2 is 1.20 bits per heavy atom. The van der Waals surface area contributed by atoms with Crippen LogP contribution in [0.15, 0.2) is 30.3 Å². The van der Waals surface area contributed by atoms with Gasteiger partial charge in [0.1, 0.15) is 11.5 Å². The van der Waals surface area contributed by atoms with Crippen LogP contribution in [-0.4, -0.2) is 71.2 Å². The molecule has 0 saturated carbocycles. The third-order valence-electron chi connectivity index (χ3n) is 8.93. The maximum Gasteiger partial charge on any atom is 0.335 e. The summed E-state index contributed by atoms with van der Waals surface area (Å²) >= 11 is 0. The summed E-state index contributed by atoms with van der Waals surface area (Å²) in [6.07, 6.45) is 12.6. The number of carboxylic acid groups (broad SMARTS) is 2. The van der Waals surface area contributed by atoms with E-state index in [1.54, 1.807) is 30.3 Å². The maximum absolute atomic E-state index is 12.6. The van der Waals surface area contributed by atoms with Gasteiger partial charge in [0.05, 0.1) is 11.1 Å². The van der Waals surface area contributed by atoms with E-state index < -0.39 is 11.9 Å². The zero-order valence-corrected chi connectivity index (χ0v) is 27.7. The molecular formula is C37H56N2O5. The Kier molecular flexibility index (Phi) is 15.2. The highest BCUT2D eigenvalue weighted by Gasteiger charge is 2.32. The molecule has 0 amide bonds. The number of nitrogens with zero attached hydrogens (tertiary/aromatic N) is 2. The van der Waals surface area contributed by atoms with Crippen LogP contribution in [0.4, 0.5) is 0 Å². The van der Waals surface area contributed by atoms with Gasteiger partial charge < -0.3 is 24.7 Å². The van der Waals surface area contributed by atoms with Crippen LogP contribution < -0.4 is 4.74 Å². The van der Waals surface area contributed by atoms with E-state index in [4.69, 9.17) is 4.74 Å². The van der Waals surface area contributed by atoms with Gasteiger partial charge in [0.15, 0.2) is 0 Å². The number of hydrogen-bond donors (Lipinski definition) is 2. The Morgan fingerprint density at radius 3 is 1.73 bits per heavy atom. The molecule has 2 aromatic carbocycles. The van der Waals surface area contributed by atoms with Crippen LogP contribution in [0, 0.1) is 0 Å². The molecule has 1 aliphatic heterocycles. The largest absolute Gasteiger partial charge is 0.478 e. The van der Waals surface area contributed by atoms with Gasteiger partial charge in [-0.3, -0.25) is 0 Å². The molecule has 244 valence electrons. The van der Waals surface area contributed by atoms with Crippen molar-refractivity contribution < 1.29 is 24.5 Å². The van der Waals surface area contributed by atoms with Gasteiger partial charge in [-0.05, 0) is 127 Å². The lowest BCUT2D eigenvalue weighted by molar-refractivity contribution is 0.0685. The number of ether oxygens (including phenoxy) is 1. The highest BCUT2D eigenvalue weighted by molar-refractivity contribution is 5.91. The number of rotatable bonds is 22. The number of carbonyl (C=O) groups is 2. The van der Waals surface area contributed by atoms with Gasteiger partial charge in [-0.1, -0.05) is 53.4 Å². The van der Waals surface area contributed by atoms with Crippen LogP contribution in [0.1, 0.15) is 142 Å². The minimum Gasteiger partial charge on any atom is -0.478 e. The molecule has 7 heteroatoms. The number of aromatic carboxylic acids is 2. The fourth-order valence-corrected chi connectivity index (χ4v) is 6.40. The quantitative estimate of drug-likeness (QED) is 0.138. The van der Waals surface area contributed by atoms with Crippen molar-refractivity contribution in [2.24, 2.45) is 0 Å². The lowest BCUT2D eigenvalue weighted by atomic mass is 9.79. The van der Waals surface area contributed by atoms with Gasteiger partial charge >= 0.3 is 11.9 Å². The molecule has 0 aliphatic carbocycles. The van der Waals surface area contributed by atoms with E-state index in [-0.39, 0.29) is 11.5 Å². The lowest BCUT2D eigenvalue weighted by Crippen LogP contribution is -2.28. The Balaban J connectivity index is 1.96. The molecule has 2 N–H and O–H groups in total. The summed E-state index contributed by atoms with van der Waals surface area (Å²) in [4.78, 5) is 29.6. The number of carboxylic acids is 2. The molecule has 44 heavy (non-hydrogen) atoms. The van der Waals surface area contributed by atoms with Crippen LogP contribution in [0.25, 0.3) is 0 Å². The monoisotopic (exact) mass is 608 g/mol. The van der Waals surface area contributed by atoms with Crippen molar-refractivity contribution in [1.82, 2.24) is 9.80 Å². The zero-order valence-electron chi connectivity index (χ0n) is 27.7. The van der Waals surface area contributed by atoms with E-state index in [0.717, 1.165) is 114 Å². The Bertz CT molecular complexity index is 1180. The van der Waals surface area contributed by atoms with Crippen LogP contribution in [0.3, 0.4) is 0 Å². The van der Waals surface area contributed by atoms with Crippen molar-refractivity contribution in [2.75, 3.05) is 39.3 Å². The second-order valence-corrected chi connectivity index (χ2v) is 12.4. The molecule has 1 atom stereocenters. The zero-order chi connectivity index (χ0) is 31.9. The standard InChI is InChI=1S/C37H56N2O5/c1-5-9-21-38(22-10-6-2)25-13-15-29-31(37(42)43)18-20-34-35(29)30(16-14-26-39(23-11-7-3)24-12-8-4)32-27-28(36(40)41)17-19-33(32)44-34/h17-20,27,30H,5-16,21-26H2,1-4H3,(H,40,41)(H,42,43). The second kappa shape index (κ2) is 18.8. The van der Waals surface area contributed by atoms with Crippen LogP contribution in [0.5, 0.6) is 11.5 Å². The first kappa shape index (κ1) is 35.6. The Morgan fingerprint density at radius 1 is 0.682 bits per heavy atom. The summed E-state index contributed by atoms with van der Waals surface area (Å²) in [5.74, 6) is -0.654. The van der Waals surface area contributed by atoms with E-state index in [1.807, 2.05) is 0 Å². The SMILES string of the molecule is CCCCN(CCCC)CCCc1c(C(=O)O)ccc2c1C(CCCN(CCCC)CCCC)c1cc(C(=O)O)ccc1O2. The van der Waals surface area contributed by atoms with Crippen molar-refractivity contribution in [3.8, 4) is 11.5 Å². The molecule has 1 unspecified atom stereocenters. The Hall–Kier alpha value is -2.90. The second-order valence-electron chi connectivity index (χ2n) is 12.4. The van der Waals surface area contributed by atoms with Crippen LogP contribution >= 0.6 is 0 Å². The fraction of sp³-hybridized carbons (Fsp3) is 0.622. The van der Waals surface area contributed by atoms with E-state index in [0.29, 0.717) is 23.5 Å². The number of benzene rings is 2. The van der Waals surface area contributed by atoms with Crippen molar-refractivity contribution in [1.29, 1.82) is 0 Å². The normalized spacial score (nSPS) is 14.0. The first-order valence-electron chi connectivity index (χ1n) is 17.2. The summed E-state index contributed by atoms with van der Waals surface area (Å²) < 4.78 is 6.38. The van der Waals surface area contributed by atoms with Gasteiger partial charge in [-0.15, -0.1) is 0 Å². The molecule has 1 heterocycles. The molecule has 1 aliphatic rings. The van der Waals surface area contributed by atoms with Crippen molar-refractivity contribution in [3.05, 3.63) is 58.1 Å². The molecule has 0 saturated heterocycles. The summed E-state index contributed by atoms with van der Waals surface area (Å²) in [6.45, 7) is 15.1. The lowest BCUT2D eigenvalue weighted by Gasteiger charge is -2.32. The summed E-state index contributed by atoms with van der Waals surface area (Å²) in [5, 5.41) is 20.1. The fourth-order valence-electron chi connectivity index (χ4n) is 6.40. The molecule has 0 fully saturated rings.